The molecule has 0 saturated carbocycles. The van der Waals surface area contributed by atoms with Crippen LogP contribution in [0.15, 0.2) is 25.3 Å². The van der Waals surface area contributed by atoms with Gasteiger partial charge in [-0.15, -0.1) is 13.2 Å². The fourth-order valence-electron chi connectivity index (χ4n) is 1.52. The summed E-state index contributed by atoms with van der Waals surface area (Å²) in [6.07, 6.45) is 8.73. The fourth-order valence-corrected chi connectivity index (χ4v) is 1.52. The molecule has 0 aromatic heterocycles. The highest BCUT2D eigenvalue weighted by atomic mass is 14.3. The van der Waals surface area contributed by atoms with Crippen molar-refractivity contribution in [1.29, 1.82) is 0 Å². The zero-order valence-corrected chi connectivity index (χ0v) is 7.90. The van der Waals surface area contributed by atoms with Gasteiger partial charge >= 0.3 is 0 Å². The summed E-state index contributed by atoms with van der Waals surface area (Å²) in [5, 5.41) is 0. The van der Waals surface area contributed by atoms with Crippen LogP contribution in [0, 0.1) is 5.41 Å². The van der Waals surface area contributed by atoms with Gasteiger partial charge < -0.3 is 0 Å². The maximum atomic E-state index is 3.79. The first kappa shape index (κ1) is 10.5. The second-order valence-electron chi connectivity index (χ2n) is 3.19. The lowest BCUT2D eigenvalue weighted by Gasteiger charge is -2.29. The highest BCUT2D eigenvalue weighted by molar-refractivity contribution is 4.89. The van der Waals surface area contributed by atoms with Crippen molar-refractivity contribution in [2.24, 2.45) is 5.41 Å². The summed E-state index contributed by atoms with van der Waals surface area (Å²) in [6.45, 7) is 12.1. The molecule has 0 heterocycles. The van der Waals surface area contributed by atoms with E-state index in [4.69, 9.17) is 0 Å². The predicted molar refractivity (Wildman–Crippen MR) is 52.6 cm³/mol. The zero-order chi connectivity index (χ0) is 8.74. The molecule has 64 valence electrons. The van der Waals surface area contributed by atoms with Gasteiger partial charge in [0.15, 0.2) is 0 Å². The normalized spacial score (nSPS) is 11.1. The lowest BCUT2D eigenvalue weighted by atomic mass is 9.76. The molecule has 0 aliphatic rings. The van der Waals surface area contributed by atoms with E-state index >= 15 is 0 Å². The molecule has 0 unspecified atom stereocenters. The van der Waals surface area contributed by atoms with Gasteiger partial charge in [0.2, 0.25) is 0 Å². The molecule has 0 aromatic rings. The van der Waals surface area contributed by atoms with Crippen molar-refractivity contribution in [3.8, 4) is 0 Å². The predicted octanol–water partition coefficient (Wildman–Crippen LogP) is 3.95. The van der Waals surface area contributed by atoms with Gasteiger partial charge in [0.05, 0.1) is 0 Å². The Hall–Kier alpha value is -0.520. The molecule has 0 nitrogen and oxygen atoms in total. The molecule has 0 N–H and O–H groups in total. The van der Waals surface area contributed by atoms with E-state index in [1.807, 2.05) is 12.2 Å². The lowest BCUT2D eigenvalue weighted by Crippen LogP contribution is -2.16. The molecule has 0 spiro atoms. The van der Waals surface area contributed by atoms with Crippen molar-refractivity contribution in [3.63, 3.8) is 0 Å². The molecular formula is C11H20. The molecule has 0 heteroatoms. The third kappa shape index (κ3) is 2.92. The van der Waals surface area contributed by atoms with E-state index in [1.165, 1.54) is 12.8 Å². The fraction of sp³-hybridized carbons (Fsp3) is 0.636. The third-order valence-electron chi connectivity index (χ3n) is 2.65. The van der Waals surface area contributed by atoms with E-state index in [0.29, 0.717) is 5.41 Å². The highest BCUT2D eigenvalue weighted by Crippen LogP contribution is 2.34. The Morgan fingerprint density at radius 1 is 1.00 bits per heavy atom. The summed E-state index contributed by atoms with van der Waals surface area (Å²) in [4.78, 5) is 0. The van der Waals surface area contributed by atoms with Crippen molar-refractivity contribution in [1.82, 2.24) is 0 Å². The Balaban J connectivity index is 4.17. The monoisotopic (exact) mass is 152 g/mol. The zero-order valence-electron chi connectivity index (χ0n) is 7.90. The van der Waals surface area contributed by atoms with Crippen LogP contribution in [-0.4, -0.2) is 0 Å². The molecule has 0 aliphatic carbocycles. The van der Waals surface area contributed by atoms with Crippen molar-refractivity contribution in [2.45, 2.75) is 39.5 Å². The van der Waals surface area contributed by atoms with Crippen molar-refractivity contribution in [2.75, 3.05) is 0 Å². The van der Waals surface area contributed by atoms with Crippen LogP contribution in [0.5, 0.6) is 0 Å². The second-order valence-corrected chi connectivity index (χ2v) is 3.19. The molecule has 11 heavy (non-hydrogen) atoms. The van der Waals surface area contributed by atoms with E-state index in [9.17, 15) is 0 Å². The maximum Gasteiger partial charge on any atom is -0.0234 e. The van der Waals surface area contributed by atoms with E-state index < -0.39 is 0 Å². The number of hydrogen-bond acceptors (Lipinski definition) is 0. The minimum absolute atomic E-state index is 0.448. The Morgan fingerprint density at radius 3 is 1.55 bits per heavy atom. The van der Waals surface area contributed by atoms with Gasteiger partial charge in [-0.25, -0.2) is 0 Å². The highest BCUT2D eigenvalue weighted by Gasteiger charge is 2.22. The molecule has 0 fully saturated rings. The molecule has 0 bridgehead atoms. The van der Waals surface area contributed by atoms with Gasteiger partial charge in [0, 0.05) is 0 Å². The van der Waals surface area contributed by atoms with Crippen LogP contribution in [0.3, 0.4) is 0 Å². The smallest absolute Gasteiger partial charge is 0.0234 e. The molecule has 0 saturated heterocycles. The summed E-state index contributed by atoms with van der Waals surface area (Å²) >= 11 is 0. The largest absolute Gasteiger partial charge is 0.103 e. The van der Waals surface area contributed by atoms with Gasteiger partial charge in [0.1, 0.15) is 0 Å². The SMILES string of the molecule is C=CCC(CC)(CC)CC=C. The average molecular weight is 152 g/mol. The summed E-state index contributed by atoms with van der Waals surface area (Å²) in [5.41, 5.74) is 0.448. The minimum atomic E-state index is 0.448. The summed E-state index contributed by atoms with van der Waals surface area (Å²) in [5.74, 6) is 0. The summed E-state index contributed by atoms with van der Waals surface area (Å²) in [7, 11) is 0. The first-order valence-corrected chi connectivity index (χ1v) is 4.46. The Labute approximate surface area is 71.0 Å². The van der Waals surface area contributed by atoms with Gasteiger partial charge in [-0.2, -0.15) is 0 Å². The molecule has 0 aromatic carbocycles. The van der Waals surface area contributed by atoms with E-state index in [0.717, 1.165) is 12.8 Å². The lowest BCUT2D eigenvalue weighted by molar-refractivity contribution is 0.269. The van der Waals surface area contributed by atoms with Crippen molar-refractivity contribution < 1.29 is 0 Å². The Morgan fingerprint density at radius 2 is 1.36 bits per heavy atom. The summed E-state index contributed by atoms with van der Waals surface area (Å²) < 4.78 is 0. The van der Waals surface area contributed by atoms with E-state index in [-0.39, 0.29) is 0 Å². The van der Waals surface area contributed by atoms with Crippen LogP contribution in [0.25, 0.3) is 0 Å². The van der Waals surface area contributed by atoms with Crippen LogP contribution in [0.4, 0.5) is 0 Å². The van der Waals surface area contributed by atoms with Crippen LogP contribution in [-0.2, 0) is 0 Å². The van der Waals surface area contributed by atoms with E-state index in [1.54, 1.807) is 0 Å². The topological polar surface area (TPSA) is 0 Å². The van der Waals surface area contributed by atoms with Gasteiger partial charge in [0.25, 0.3) is 0 Å². The third-order valence-corrected chi connectivity index (χ3v) is 2.65. The molecule has 0 radical (unpaired) electrons. The van der Waals surface area contributed by atoms with Crippen LogP contribution < -0.4 is 0 Å². The average Bonchev–Trinajstić information content (AvgIpc) is 2.04. The summed E-state index contributed by atoms with van der Waals surface area (Å²) in [6, 6.07) is 0. The molecule has 0 rings (SSSR count). The van der Waals surface area contributed by atoms with Gasteiger partial charge in [-0.1, -0.05) is 26.0 Å². The van der Waals surface area contributed by atoms with Crippen molar-refractivity contribution in [3.05, 3.63) is 25.3 Å². The van der Waals surface area contributed by atoms with E-state index in [2.05, 4.69) is 27.0 Å². The van der Waals surface area contributed by atoms with Crippen LogP contribution in [0.1, 0.15) is 39.5 Å². The minimum Gasteiger partial charge on any atom is -0.103 e. The Kier molecular flexibility index (Phi) is 4.93. The number of rotatable bonds is 6. The number of allylic oxidation sites excluding steroid dienone is 2. The Bertz CT molecular complexity index is 106. The van der Waals surface area contributed by atoms with Gasteiger partial charge in [-0.3, -0.25) is 0 Å². The quantitative estimate of drug-likeness (QED) is 0.506. The van der Waals surface area contributed by atoms with Gasteiger partial charge in [-0.05, 0) is 31.1 Å². The molecular weight excluding hydrogens is 132 g/mol. The number of hydrogen-bond donors (Lipinski definition) is 0. The first-order chi connectivity index (χ1) is 5.24. The van der Waals surface area contributed by atoms with Crippen LogP contribution in [0.2, 0.25) is 0 Å². The second kappa shape index (κ2) is 5.17. The first-order valence-electron chi connectivity index (χ1n) is 4.46. The van der Waals surface area contributed by atoms with Crippen molar-refractivity contribution >= 4 is 0 Å². The standard InChI is InChI=1S/C11H20/c1-5-9-11(7-3,8-4)10-6-2/h5-6H,1-2,7-10H2,3-4H3. The molecule has 0 atom stereocenters. The molecule has 0 aliphatic heterocycles. The maximum absolute atomic E-state index is 3.79. The van der Waals surface area contributed by atoms with Crippen LogP contribution >= 0.6 is 0 Å². The molecule has 0 amide bonds.